The second-order valence-corrected chi connectivity index (χ2v) is 6.69. The highest BCUT2D eigenvalue weighted by Gasteiger charge is 2.12. The molecule has 1 aromatic heterocycles. The van der Waals surface area contributed by atoms with E-state index in [4.69, 9.17) is 11.6 Å². The van der Waals surface area contributed by atoms with Gasteiger partial charge in [-0.2, -0.15) is 0 Å². The standard InChI is InChI=1S/C21H20ClFN4O/c1-14-25-19(21(28)27-16-9-10-18(23)17(22)12-16)13-20(26-14)24-11-5-8-15-6-3-2-4-7-15/h2-4,6-7,9-10,12-13H,5,8,11H2,1H3,(H,27,28)(H,24,25,26). The molecule has 0 saturated carbocycles. The van der Waals surface area contributed by atoms with Crippen LogP contribution < -0.4 is 10.6 Å². The fraction of sp³-hybridized carbons (Fsp3) is 0.190. The summed E-state index contributed by atoms with van der Waals surface area (Å²) in [5.74, 6) is 0.109. The van der Waals surface area contributed by atoms with E-state index < -0.39 is 11.7 Å². The molecule has 0 unspecified atom stereocenters. The molecule has 1 amide bonds. The van der Waals surface area contributed by atoms with Crippen LogP contribution in [0.15, 0.2) is 54.6 Å². The van der Waals surface area contributed by atoms with Gasteiger partial charge in [0.05, 0.1) is 5.02 Å². The van der Waals surface area contributed by atoms with Crippen molar-refractivity contribution < 1.29 is 9.18 Å². The number of halogens is 2. The number of anilines is 2. The van der Waals surface area contributed by atoms with Crippen LogP contribution in [-0.4, -0.2) is 22.4 Å². The van der Waals surface area contributed by atoms with Crippen LogP contribution in [0.25, 0.3) is 0 Å². The van der Waals surface area contributed by atoms with Crippen molar-refractivity contribution in [1.82, 2.24) is 9.97 Å². The average molecular weight is 399 g/mol. The van der Waals surface area contributed by atoms with Crippen molar-refractivity contribution in [3.05, 3.63) is 82.5 Å². The average Bonchev–Trinajstić information content (AvgIpc) is 2.68. The molecule has 0 atom stereocenters. The van der Waals surface area contributed by atoms with Crippen molar-refractivity contribution >= 4 is 29.0 Å². The van der Waals surface area contributed by atoms with E-state index in [9.17, 15) is 9.18 Å². The summed E-state index contributed by atoms with van der Waals surface area (Å²) in [4.78, 5) is 21.0. The van der Waals surface area contributed by atoms with Crippen LogP contribution in [0.1, 0.15) is 28.3 Å². The number of nitrogens with one attached hydrogen (secondary N) is 2. The normalized spacial score (nSPS) is 10.5. The Hall–Kier alpha value is -2.99. The molecule has 0 saturated heterocycles. The number of benzene rings is 2. The lowest BCUT2D eigenvalue weighted by molar-refractivity contribution is 0.102. The van der Waals surface area contributed by atoms with Gasteiger partial charge in [0, 0.05) is 18.3 Å². The fourth-order valence-corrected chi connectivity index (χ4v) is 2.88. The third-order valence-electron chi connectivity index (χ3n) is 4.04. The van der Waals surface area contributed by atoms with Gasteiger partial charge in [0.2, 0.25) is 0 Å². The molecule has 0 aliphatic rings. The molecule has 0 aliphatic heterocycles. The molecule has 28 heavy (non-hydrogen) atoms. The van der Waals surface area contributed by atoms with Gasteiger partial charge in [-0.1, -0.05) is 41.9 Å². The van der Waals surface area contributed by atoms with Gasteiger partial charge >= 0.3 is 0 Å². The van der Waals surface area contributed by atoms with Gasteiger partial charge in [-0.25, -0.2) is 14.4 Å². The molecule has 7 heteroatoms. The first-order valence-electron chi connectivity index (χ1n) is 8.91. The van der Waals surface area contributed by atoms with E-state index >= 15 is 0 Å². The highest BCUT2D eigenvalue weighted by Crippen LogP contribution is 2.20. The van der Waals surface area contributed by atoms with Gasteiger partial charge in [0.15, 0.2) is 0 Å². The van der Waals surface area contributed by atoms with Crippen molar-refractivity contribution in [3.63, 3.8) is 0 Å². The minimum atomic E-state index is -0.542. The smallest absolute Gasteiger partial charge is 0.274 e. The van der Waals surface area contributed by atoms with E-state index in [0.717, 1.165) is 19.4 Å². The maximum absolute atomic E-state index is 13.2. The van der Waals surface area contributed by atoms with E-state index in [1.165, 1.54) is 23.8 Å². The van der Waals surface area contributed by atoms with Crippen molar-refractivity contribution in [2.75, 3.05) is 17.2 Å². The molecule has 2 N–H and O–H groups in total. The highest BCUT2D eigenvalue weighted by molar-refractivity contribution is 6.31. The summed E-state index contributed by atoms with van der Waals surface area (Å²) in [5, 5.41) is 5.83. The van der Waals surface area contributed by atoms with Crippen LogP contribution in [-0.2, 0) is 6.42 Å². The Bertz CT molecular complexity index is 966. The second-order valence-electron chi connectivity index (χ2n) is 6.28. The second kappa shape index (κ2) is 9.28. The monoisotopic (exact) mass is 398 g/mol. The third kappa shape index (κ3) is 5.50. The molecular formula is C21H20ClFN4O. The molecule has 3 aromatic rings. The summed E-state index contributed by atoms with van der Waals surface area (Å²) in [6.07, 6.45) is 1.89. The Morgan fingerprint density at radius 2 is 1.89 bits per heavy atom. The third-order valence-corrected chi connectivity index (χ3v) is 4.33. The minimum absolute atomic E-state index is 0.0579. The van der Waals surface area contributed by atoms with Gasteiger partial charge in [-0.3, -0.25) is 4.79 Å². The Morgan fingerprint density at radius 1 is 1.11 bits per heavy atom. The van der Waals surface area contributed by atoms with E-state index in [1.807, 2.05) is 18.2 Å². The number of hydrogen-bond acceptors (Lipinski definition) is 4. The zero-order valence-corrected chi connectivity index (χ0v) is 16.1. The van der Waals surface area contributed by atoms with E-state index in [2.05, 4.69) is 32.7 Å². The molecule has 144 valence electrons. The summed E-state index contributed by atoms with van der Waals surface area (Å²) in [6.45, 7) is 2.45. The Kier molecular flexibility index (Phi) is 6.55. The number of nitrogens with zero attached hydrogens (tertiary/aromatic N) is 2. The number of aryl methyl sites for hydroxylation is 2. The minimum Gasteiger partial charge on any atom is -0.370 e. The first-order chi connectivity index (χ1) is 13.5. The molecule has 0 fully saturated rings. The van der Waals surface area contributed by atoms with E-state index in [1.54, 1.807) is 13.0 Å². The van der Waals surface area contributed by atoms with Crippen LogP contribution in [0.4, 0.5) is 15.9 Å². The lowest BCUT2D eigenvalue weighted by Crippen LogP contribution is -2.16. The fourth-order valence-electron chi connectivity index (χ4n) is 2.70. The largest absolute Gasteiger partial charge is 0.370 e. The number of carbonyl (C=O) groups is 1. The van der Waals surface area contributed by atoms with Crippen molar-refractivity contribution in [2.24, 2.45) is 0 Å². The maximum atomic E-state index is 13.2. The summed E-state index contributed by atoms with van der Waals surface area (Å²) in [5.41, 5.74) is 1.89. The molecule has 0 radical (unpaired) electrons. The van der Waals surface area contributed by atoms with Gasteiger partial charge in [0.25, 0.3) is 5.91 Å². The van der Waals surface area contributed by atoms with Gasteiger partial charge in [-0.05, 0) is 43.5 Å². The summed E-state index contributed by atoms with van der Waals surface area (Å²) < 4.78 is 13.2. The Morgan fingerprint density at radius 3 is 2.64 bits per heavy atom. The zero-order valence-electron chi connectivity index (χ0n) is 15.4. The summed E-state index contributed by atoms with van der Waals surface area (Å²) in [6, 6.07) is 15.8. The van der Waals surface area contributed by atoms with Crippen molar-refractivity contribution in [3.8, 4) is 0 Å². The van der Waals surface area contributed by atoms with Crippen LogP contribution in [0.5, 0.6) is 0 Å². The first-order valence-corrected chi connectivity index (χ1v) is 9.29. The lowest BCUT2D eigenvalue weighted by atomic mass is 10.1. The SMILES string of the molecule is Cc1nc(NCCCc2ccccc2)cc(C(=O)Nc2ccc(F)c(Cl)c2)n1. The summed E-state index contributed by atoms with van der Waals surface area (Å²) >= 11 is 5.75. The maximum Gasteiger partial charge on any atom is 0.274 e. The predicted octanol–water partition coefficient (Wildman–Crippen LogP) is 4.87. The van der Waals surface area contributed by atoms with Gasteiger partial charge in [-0.15, -0.1) is 0 Å². The van der Waals surface area contributed by atoms with E-state index in [0.29, 0.717) is 17.3 Å². The number of amides is 1. The molecule has 1 heterocycles. The van der Waals surface area contributed by atoms with Gasteiger partial charge < -0.3 is 10.6 Å². The van der Waals surface area contributed by atoms with Crippen LogP contribution in [0.3, 0.4) is 0 Å². The molecule has 0 aliphatic carbocycles. The zero-order chi connectivity index (χ0) is 19.9. The number of hydrogen-bond donors (Lipinski definition) is 2. The van der Waals surface area contributed by atoms with Crippen LogP contribution in [0.2, 0.25) is 5.02 Å². The molecule has 2 aromatic carbocycles. The molecule has 3 rings (SSSR count). The predicted molar refractivity (Wildman–Crippen MR) is 109 cm³/mol. The quantitative estimate of drug-likeness (QED) is 0.557. The first kappa shape index (κ1) is 19.8. The highest BCUT2D eigenvalue weighted by atomic mass is 35.5. The topological polar surface area (TPSA) is 66.9 Å². The molecule has 0 bridgehead atoms. The van der Waals surface area contributed by atoms with E-state index in [-0.39, 0.29) is 10.7 Å². The van der Waals surface area contributed by atoms with Gasteiger partial charge in [0.1, 0.15) is 23.2 Å². The van der Waals surface area contributed by atoms with Crippen molar-refractivity contribution in [1.29, 1.82) is 0 Å². The van der Waals surface area contributed by atoms with Crippen molar-refractivity contribution in [2.45, 2.75) is 19.8 Å². The lowest BCUT2D eigenvalue weighted by Gasteiger charge is -2.10. The number of aromatic nitrogens is 2. The molecular weight excluding hydrogens is 379 g/mol. The molecule has 5 nitrogen and oxygen atoms in total. The Labute approximate surface area is 168 Å². The molecule has 0 spiro atoms. The Balaban J connectivity index is 1.60. The summed E-state index contributed by atoms with van der Waals surface area (Å²) in [7, 11) is 0. The van der Waals surface area contributed by atoms with Crippen LogP contribution in [0, 0.1) is 12.7 Å². The number of carbonyl (C=O) groups excluding carboxylic acids is 1. The van der Waals surface area contributed by atoms with Crippen LogP contribution >= 0.6 is 11.6 Å². The number of rotatable bonds is 7.